The number of sulfonamides is 1. The molecule has 2 heterocycles. The van der Waals surface area contributed by atoms with Crippen molar-refractivity contribution in [1.82, 2.24) is 19.8 Å². The van der Waals surface area contributed by atoms with E-state index in [0.29, 0.717) is 25.9 Å². The zero-order chi connectivity index (χ0) is 21.8. The smallest absolute Gasteiger partial charge is 0.317 e. The number of hydrogen-bond acceptors (Lipinski definition) is 5. The van der Waals surface area contributed by atoms with Gasteiger partial charge in [-0.05, 0) is 69.3 Å². The van der Waals surface area contributed by atoms with Crippen LogP contribution in [0.2, 0.25) is 0 Å². The van der Waals surface area contributed by atoms with Gasteiger partial charge in [-0.25, -0.2) is 8.42 Å². The Hall–Kier alpha value is -1.56. The average molecular weight is 463 g/mol. The molecule has 0 spiro atoms. The van der Waals surface area contributed by atoms with Gasteiger partial charge >= 0.3 is 6.18 Å². The molecule has 0 radical (unpaired) electrons. The standard InChI is InChI=1S/C19H25F3N4O2S2/c1-29-16-4-6-17(7-5-16)30(27,28)26(15-8-10-23-11-9-15)12-2-3-14-13-24-25-18(14)19(20,21)22/h4-7,13,15,23H,2-3,8-12H2,1H3,(H,24,25). The predicted octanol–water partition coefficient (Wildman–Crippen LogP) is 3.53. The van der Waals surface area contributed by atoms with Crippen LogP contribution in [-0.2, 0) is 22.6 Å². The fraction of sp³-hybridized carbons (Fsp3) is 0.526. The summed E-state index contributed by atoms with van der Waals surface area (Å²) in [6.45, 7) is 1.57. The van der Waals surface area contributed by atoms with Gasteiger partial charge in [-0.3, -0.25) is 5.10 Å². The molecule has 0 bridgehead atoms. The maximum absolute atomic E-state index is 13.4. The van der Waals surface area contributed by atoms with Gasteiger partial charge in [0.15, 0.2) is 0 Å². The van der Waals surface area contributed by atoms with Crippen molar-refractivity contribution < 1.29 is 21.6 Å². The Labute approximate surface area is 178 Å². The van der Waals surface area contributed by atoms with Crippen molar-refractivity contribution in [1.29, 1.82) is 0 Å². The number of nitrogens with one attached hydrogen (secondary N) is 2. The zero-order valence-electron chi connectivity index (χ0n) is 16.6. The highest BCUT2D eigenvalue weighted by molar-refractivity contribution is 7.98. The summed E-state index contributed by atoms with van der Waals surface area (Å²) in [7, 11) is -3.75. The second-order valence-corrected chi connectivity index (χ2v) is 9.91. The summed E-state index contributed by atoms with van der Waals surface area (Å²) < 4.78 is 67.3. The molecule has 1 fully saturated rings. The molecule has 0 atom stereocenters. The van der Waals surface area contributed by atoms with Crippen LogP contribution in [0.1, 0.15) is 30.5 Å². The maximum atomic E-state index is 13.4. The van der Waals surface area contributed by atoms with E-state index in [9.17, 15) is 21.6 Å². The number of alkyl halides is 3. The first-order valence-electron chi connectivity index (χ1n) is 9.69. The number of benzene rings is 1. The lowest BCUT2D eigenvalue weighted by molar-refractivity contribution is -0.141. The van der Waals surface area contributed by atoms with Crippen molar-refractivity contribution in [2.45, 2.75) is 47.7 Å². The lowest BCUT2D eigenvalue weighted by Crippen LogP contribution is -2.46. The van der Waals surface area contributed by atoms with Crippen molar-refractivity contribution >= 4 is 21.8 Å². The van der Waals surface area contributed by atoms with Gasteiger partial charge in [0.05, 0.1) is 11.1 Å². The number of thioether (sulfide) groups is 1. The molecule has 1 aromatic heterocycles. The normalized spacial score (nSPS) is 16.3. The number of aryl methyl sites for hydroxylation is 1. The largest absolute Gasteiger partial charge is 0.433 e. The predicted molar refractivity (Wildman–Crippen MR) is 110 cm³/mol. The molecule has 0 aliphatic carbocycles. The van der Waals surface area contributed by atoms with Gasteiger partial charge in [-0.2, -0.15) is 22.6 Å². The Kier molecular flexibility index (Phi) is 7.48. The number of aromatic nitrogens is 2. The van der Waals surface area contributed by atoms with Crippen LogP contribution in [0.25, 0.3) is 0 Å². The van der Waals surface area contributed by atoms with E-state index in [2.05, 4.69) is 10.4 Å². The van der Waals surface area contributed by atoms with E-state index < -0.39 is 21.9 Å². The molecule has 1 aromatic carbocycles. The summed E-state index contributed by atoms with van der Waals surface area (Å²) >= 11 is 1.52. The minimum absolute atomic E-state index is 0.0504. The van der Waals surface area contributed by atoms with E-state index in [-0.39, 0.29) is 35.9 Å². The van der Waals surface area contributed by atoms with Crippen molar-refractivity contribution in [2.24, 2.45) is 0 Å². The van der Waals surface area contributed by atoms with Gasteiger partial charge in [0, 0.05) is 23.0 Å². The molecule has 0 amide bonds. The van der Waals surface area contributed by atoms with E-state index in [1.807, 2.05) is 11.4 Å². The highest BCUT2D eigenvalue weighted by Crippen LogP contribution is 2.31. The molecule has 166 valence electrons. The third-order valence-electron chi connectivity index (χ3n) is 5.21. The fourth-order valence-corrected chi connectivity index (χ4v) is 5.78. The van der Waals surface area contributed by atoms with Crippen molar-refractivity contribution in [3.05, 3.63) is 41.7 Å². The summed E-state index contributed by atoms with van der Waals surface area (Å²) in [5.41, 5.74) is -0.819. The van der Waals surface area contributed by atoms with Gasteiger partial charge in [-0.1, -0.05) is 0 Å². The number of piperidine rings is 1. The molecular weight excluding hydrogens is 437 g/mol. The summed E-state index contributed by atoms with van der Waals surface area (Å²) in [5, 5.41) is 8.72. The molecule has 1 aliphatic heterocycles. The van der Waals surface area contributed by atoms with Crippen molar-refractivity contribution in [3.8, 4) is 0 Å². The number of rotatable bonds is 8. The zero-order valence-corrected chi connectivity index (χ0v) is 18.2. The average Bonchev–Trinajstić information content (AvgIpc) is 3.21. The third kappa shape index (κ3) is 5.37. The number of hydrogen-bond donors (Lipinski definition) is 2. The van der Waals surface area contributed by atoms with Crippen molar-refractivity contribution in [3.63, 3.8) is 0 Å². The van der Waals surface area contributed by atoms with Crippen molar-refractivity contribution in [2.75, 3.05) is 25.9 Å². The summed E-state index contributed by atoms with van der Waals surface area (Å²) in [6.07, 6.45) is 0.264. The van der Waals surface area contributed by atoms with E-state index in [1.54, 1.807) is 24.3 Å². The van der Waals surface area contributed by atoms with Crippen LogP contribution >= 0.6 is 11.8 Å². The van der Waals surface area contributed by atoms with Gasteiger partial charge in [0.25, 0.3) is 0 Å². The minimum atomic E-state index is -4.51. The SMILES string of the molecule is CSc1ccc(S(=O)(=O)N(CCCc2cn[nH]c2C(F)(F)F)C2CCNCC2)cc1. The molecule has 3 rings (SSSR count). The molecule has 1 aliphatic rings. The monoisotopic (exact) mass is 462 g/mol. The Balaban J connectivity index is 1.78. The highest BCUT2D eigenvalue weighted by atomic mass is 32.2. The molecule has 1 saturated heterocycles. The molecule has 2 aromatic rings. The molecule has 6 nitrogen and oxygen atoms in total. The summed E-state index contributed by atoms with van der Waals surface area (Å²) in [4.78, 5) is 1.17. The first-order valence-corrected chi connectivity index (χ1v) is 12.4. The lowest BCUT2D eigenvalue weighted by Gasteiger charge is -2.34. The van der Waals surface area contributed by atoms with E-state index in [4.69, 9.17) is 0 Å². The molecule has 30 heavy (non-hydrogen) atoms. The van der Waals surface area contributed by atoms with Crippen LogP contribution in [-0.4, -0.2) is 54.9 Å². The van der Waals surface area contributed by atoms with Crippen LogP contribution in [0, 0.1) is 0 Å². The van der Waals surface area contributed by atoms with Gasteiger partial charge < -0.3 is 5.32 Å². The van der Waals surface area contributed by atoms with Gasteiger partial charge in [0.1, 0.15) is 5.69 Å². The Morgan fingerprint density at radius 1 is 1.20 bits per heavy atom. The third-order valence-corrected chi connectivity index (χ3v) is 7.92. The highest BCUT2D eigenvalue weighted by Gasteiger charge is 2.36. The molecule has 2 N–H and O–H groups in total. The van der Waals surface area contributed by atoms with E-state index in [0.717, 1.165) is 11.1 Å². The topological polar surface area (TPSA) is 78.1 Å². The number of H-pyrrole nitrogens is 1. The molecule has 11 heteroatoms. The Bertz CT molecular complexity index is 924. The minimum Gasteiger partial charge on any atom is -0.317 e. The number of halogens is 3. The lowest BCUT2D eigenvalue weighted by atomic mass is 10.1. The van der Waals surface area contributed by atoms with E-state index in [1.165, 1.54) is 16.1 Å². The fourth-order valence-electron chi connectivity index (χ4n) is 3.65. The van der Waals surface area contributed by atoms with Crippen LogP contribution in [0.5, 0.6) is 0 Å². The summed E-state index contributed by atoms with van der Waals surface area (Å²) in [6, 6.07) is 6.53. The molecule has 0 unspecified atom stereocenters. The van der Waals surface area contributed by atoms with Crippen LogP contribution in [0.4, 0.5) is 13.2 Å². The summed E-state index contributed by atoms with van der Waals surface area (Å²) in [5.74, 6) is 0. The number of nitrogens with zero attached hydrogens (tertiary/aromatic N) is 2. The van der Waals surface area contributed by atoms with Crippen LogP contribution in [0.15, 0.2) is 40.3 Å². The Morgan fingerprint density at radius 2 is 1.87 bits per heavy atom. The van der Waals surface area contributed by atoms with E-state index >= 15 is 0 Å². The first-order chi connectivity index (χ1) is 14.2. The maximum Gasteiger partial charge on any atom is 0.433 e. The Morgan fingerprint density at radius 3 is 2.47 bits per heavy atom. The van der Waals surface area contributed by atoms with Gasteiger partial charge in [0.2, 0.25) is 10.0 Å². The van der Waals surface area contributed by atoms with Crippen LogP contribution < -0.4 is 5.32 Å². The molecular formula is C19H25F3N4O2S2. The number of aromatic amines is 1. The molecule has 0 saturated carbocycles. The quantitative estimate of drug-likeness (QED) is 0.587. The van der Waals surface area contributed by atoms with Gasteiger partial charge in [-0.15, -0.1) is 11.8 Å². The second kappa shape index (κ2) is 9.71. The van der Waals surface area contributed by atoms with Crippen LogP contribution in [0.3, 0.4) is 0 Å². The first kappa shape index (κ1) is 23.1. The second-order valence-electron chi connectivity index (χ2n) is 7.14.